The van der Waals surface area contributed by atoms with E-state index < -0.39 is 0 Å². The van der Waals surface area contributed by atoms with Crippen LogP contribution in [0.2, 0.25) is 4.34 Å². The highest BCUT2D eigenvalue weighted by Gasteiger charge is 2.29. The Kier molecular flexibility index (Phi) is 3.78. The standard InChI is InChI=1S/C13H13BrClN3S/c1-2-16-13-10(14)11(7-3-4-7)17-12(18-13)8-5-6-9(15)19-8/h5-7H,2-4H2,1H3,(H,16,17,18). The molecule has 2 aromatic heterocycles. The van der Waals surface area contributed by atoms with Crippen molar-refractivity contribution in [1.82, 2.24) is 9.97 Å². The molecule has 0 bridgehead atoms. The van der Waals surface area contributed by atoms with Crippen molar-refractivity contribution < 1.29 is 0 Å². The quantitative estimate of drug-likeness (QED) is 0.842. The molecule has 0 aromatic carbocycles. The molecule has 1 fully saturated rings. The lowest BCUT2D eigenvalue weighted by Crippen LogP contribution is -2.05. The number of nitrogens with one attached hydrogen (secondary N) is 1. The van der Waals surface area contributed by atoms with E-state index in [0.29, 0.717) is 5.92 Å². The molecule has 0 unspecified atom stereocenters. The van der Waals surface area contributed by atoms with Crippen LogP contribution in [0.3, 0.4) is 0 Å². The van der Waals surface area contributed by atoms with Gasteiger partial charge in [-0.2, -0.15) is 0 Å². The summed E-state index contributed by atoms with van der Waals surface area (Å²) in [5.74, 6) is 2.21. The van der Waals surface area contributed by atoms with E-state index in [-0.39, 0.29) is 0 Å². The van der Waals surface area contributed by atoms with E-state index in [4.69, 9.17) is 16.6 Å². The first-order valence-electron chi connectivity index (χ1n) is 6.26. The summed E-state index contributed by atoms with van der Waals surface area (Å²) in [6.45, 7) is 2.90. The predicted octanol–water partition coefficient (Wildman–Crippen LogP) is 4.93. The smallest absolute Gasteiger partial charge is 0.172 e. The maximum atomic E-state index is 6.00. The second-order valence-corrected chi connectivity index (χ2v) is 7.01. The summed E-state index contributed by atoms with van der Waals surface area (Å²) in [7, 11) is 0. The van der Waals surface area contributed by atoms with Gasteiger partial charge in [-0.15, -0.1) is 11.3 Å². The van der Waals surface area contributed by atoms with Gasteiger partial charge in [0.25, 0.3) is 0 Å². The number of thiophene rings is 1. The summed E-state index contributed by atoms with van der Waals surface area (Å²) >= 11 is 11.1. The topological polar surface area (TPSA) is 37.8 Å². The van der Waals surface area contributed by atoms with Crippen molar-refractivity contribution in [2.24, 2.45) is 0 Å². The second kappa shape index (κ2) is 5.38. The van der Waals surface area contributed by atoms with E-state index in [1.807, 2.05) is 12.1 Å². The van der Waals surface area contributed by atoms with E-state index in [0.717, 1.165) is 37.6 Å². The number of nitrogens with zero attached hydrogens (tertiary/aromatic N) is 2. The van der Waals surface area contributed by atoms with Crippen molar-refractivity contribution in [1.29, 1.82) is 0 Å². The van der Waals surface area contributed by atoms with E-state index in [1.54, 1.807) is 0 Å². The van der Waals surface area contributed by atoms with Gasteiger partial charge in [-0.25, -0.2) is 9.97 Å². The van der Waals surface area contributed by atoms with Crippen molar-refractivity contribution >= 4 is 44.7 Å². The van der Waals surface area contributed by atoms with Crippen LogP contribution in [0.1, 0.15) is 31.4 Å². The van der Waals surface area contributed by atoms with Crippen molar-refractivity contribution in [3.05, 3.63) is 26.6 Å². The molecule has 0 atom stereocenters. The SMILES string of the molecule is CCNc1nc(-c2ccc(Cl)s2)nc(C2CC2)c1Br. The molecule has 0 spiro atoms. The van der Waals surface area contributed by atoms with Gasteiger partial charge in [0, 0.05) is 12.5 Å². The summed E-state index contributed by atoms with van der Waals surface area (Å²) in [6, 6.07) is 3.86. The van der Waals surface area contributed by atoms with Crippen LogP contribution in [0.5, 0.6) is 0 Å². The molecule has 3 nitrogen and oxygen atoms in total. The van der Waals surface area contributed by atoms with Crippen LogP contribution in [0.15, 0.2) is 16.6 Å². The van der Waals surface area contributed by atoms with Crippen LogP contribution in [-0.4, -0.2) is 16.5 Å². The predicted molar refractivity (Wildman–Crippen MR) is 84.2 cm³/mol. The Bertz CT molecular complexity index is 610. The van der Waals surface area contributed by atoms with Crippen LogP contribution in [0.25, 0.3) is 10.7 Å². The maximum absolute atomic E-state index is 6.00. The van der Waals surface area contributed by atoms with E-state index >= 15 is 0 Å². The minimum absolute atomic E-state index is 0.573. The third-order valence-corrected chi connectivity index (χ3v) is 4.99. The third-order valence-electron chi connectivity index (χ3n) is 2.98. The van der Waals surface area contributed by atoms with Gasteiger partial charge >= 0.3 is 0 Å². The van der Waals surface area contributed by atoms with Crippen LogP contribution in [-0.2, 0) is 0 Å². The molecule has 1 aliphatic rings. The maximum Gasteiger partial charge on any atom is 0.172 e. The molecule has 100 valence electrons. The molecule has 3 rings (SSSR count). The molecule has 1 N–H and O–H groups in total. The first-order valence-corrected chi connectivity index (χ1v) is 8.24. The van der Waals surface area contributed by atoms with E-state index in [1.165, 1.54) is 24.2 Å². The minimum atomic E-state index is 0.573. The van der Waals surface area contributed by atoms with Gasteiger partial charge < -0.3 is 5.32 Å². The van der Waals surface area contributed by atoms with Gasteiger partial charge in [0.15, 0.2) is 5.82 Å². The van der Waals surface area contributed by atoms with Crippen molar-refractivity contribution in [2.45, 2.75) is 25.7 Å². The zero-order valence-corrected chi connectivity index (χ0v) is 13.6. The fraction of sp³-hybridized carbons (Fsp3) is 0.385. The van der Waals surface area contributed by atoms with Gasteiger partial charge in [-0.1, -0.05) is 11.6 Å². The first kappa shape index (κ1) is 13.3. The number of aromatic nitrogens is 2. The van der Waals surface area contributed by atoms with Crippen molar-refractivity contribution in [2.75, 3.05) is 11.9 Å². The number of anilines is 1. The molecule has 19 heavy (non-hydrogen) atoms. The van der Waals surface area contributed by atoms with Crippen LogP contribution in [0, 0.1) is 0 Å². The Morgan fingerprint density at radius 1 is 1.42 bits per heavy atom. The number of rotatable bonds is 4. The number of halogens is 2. The molecule has 1 aliphatic carbocycles. The Labute approximate surface area is 129 Å². The van der Waals surface area contributed by atoms with Gasteiger partial charge in [0.05, 0.1) is 19.4 Å². The second-order valence-electron chi connectivity index (χ2n) is 4.50. The Balaban J connectivity index is 2.08. The van der Waals surface area contributed by atoms with E-state index in [2.05, 4.69) is 33.2 Å². The van der Waals surface area contributed by atoms with E-state index in [9.17, 15) is 0 Å². The Morgan fingerprint density at radius 3 is 2.79 bits per heavy atom. The highest BCUT2D eigenvalue weighted by Crippen LogP contribution is 2.44. The zero-order chi connectivity index (χ0) is 13.4. The fourth-order valence-electron chi connectivity index (χ4n) is 1.92. The molecule has 1 saturated carbocycles. The molecule has 2 heterocycles. The molecule has 6 heteroatoms. The largest absolute Gasteiger partial charge is 0.369 e. The number of hydrogen-bond donors (Lipinski definition) is 1. The molecular weight excluding hydrogens is 346 g/mol. The lowest BCUT2D eigenvalue weighted by Gasteiger charge is -2.11. The summed E-state index contributed by atoms with van der Waals surface area (Å²) in [4.78, 5) is 10.3. The third kappa shape index (κ3) is 2.78. The lowest BCUT2D eigenvalue weighted by atomic mass is 10.2. The molecule has 0 radical (unpaired) electrons. The van der Waals surface area contributed by atoms with Crippen LogP contribution < -0.4 is 5.32 Å². The molecule has 0 amide bonds. The highest BCUT2D eigenvalue weighted by molar-refractivity contribution is 9.10. The normalized spacial score (nSPS) is 14.7. The molecule has 2 aromatic rings. The Hall–Kier alpha value is -0.650. The zero-order valence-electron chi connectivity index (χ0n) is 10.4. The molecular formula is C13H13BrClN3S. The van der Waals surface area contributed by atoms with Crippen molar-refractivity contribution in [3.63, 3.8) is 0 Å². The summed E-state index contributed by atoms with van der Waals surface area (Å²) < 4.78 is 1.77. The summed E-state index contributed by atoms with van der Waals surface area (Å²) in [6.07, 6.45) is 2.43. The Morgan fingerprint density at radius 2 is 2.21 bits per heavy atom. The first-order chi connectivity index (χ1) is 9.19. The number of hydrogen-bond acceptors (Lipinski definition) is 4. The van der Waals surface area contributed by atoms with Crippen molar-refractivity contribution in [3.8, 4) is 10.7 Å². The minimum Gasteiger partial charge on any atom is -0.369 e. The lowest BCUT2D eigenvalue weighted by molar-refractivity contribution is 0.976. The van der Waals surface area contributed by atoms with Gasteiger partial charge in [-0.3, -0.25) is 0 Å². The van der Waals surface area contributed by atoms with Gasteiger partial charge in [0.1, 0.15) is 5.82 Å². The average molecular weight is 359 g/mol. The van der Waals surface area contributed by atoms with Gasteiger partial charge in [-0.05, 0) is 47.8 Å². The summed E-state index contributed by atoms with van der Waals surface area (Å²) in [5, 5.41) is 3.29. The molecule has 0 saturated heterocycles. The highest BCUT2D eigenvalue weighted by atomic mass is 79.9. The molecule has 0 aliphatic heterocycles. The van der Waals surface area contributed by atoms with Crippen LogP contribution >= 0.6 is 38.9 Å². The average Bonchev–Trinajstić information content (AvgIpc) is 3.14. The van der Waals surface area contributed by atoms with Gasteiger partial charge in [0.2, 0.25) is 0 Å². The fourth-order valence-corrected chi connectivity index (χ4v) is 3.54. The monoisotopic (exact) mass is 357 g/mol. The van der Waals surface area contributed by atoms with Crippen LogP contribution in [0.4, 0.5) is 5.82 Å². The summed E-state index contributed by atoms with van der Waals surface area (Å²) in [5.41, 5.74) is 1.12.